The van der Waals surface area contributed by atoms with Crippen LogP contribution in [0.4, 0.5) is 10.1 Å². The molecule has 0 saturated carbocycles. The number of fused-ring (bicyclic) bond motifs is 2. The van der Waals surface area contributed by atoms with Crippen molar-refractivity contribution in [3.05, 3.63) is 53.6 Å². The fourth-order valence-corrected chi connectivity index (χ4v) is 3.20. The lowest BCUT2D eigenvalue weighted by Crippen LogP contribution is -2.43. The van der Waals surface area contributed by atoms with Gasteiger partial charge in [0, 0.05) is 13.0 Å². The van der Waals surface area contributed by atoms with Gasteiger partial charge >= 0.3 is 5.97 Å². The maximum Gasteiger partial charge on any atom is 0.331 e. The van der Waals surface area contributed by atoms with Gasteiger partial charge in [0.1, 0.15) is 18.2 Å². The number of H-pyrrole nitrogens is 1. The summed E-state index contributed by atoms with van der Waals surface area (Å²) in [5.41, 5.74) is 3.00. The summed E-state index contributed by atoms with van der Waals surface area (Å²) in [7, 11) is 0. The van der Waals surface area contributed by atoms with Crippen LogP contribution in [-0.2, 0) is 16.0 Å². The first-order chi connectivity index (χ1) is 13.5. The van der Waals surface area contributed by atoms with E-state index in [0.29, 0.717) is 35.6 Å². The highest BCUT2D eigenvalue weighted by Crippen LogP contribution is 2.32. The number of amides is 1. The van der Waals surface area contributed by atoms with Crippen LogP contribution in [0.15, 0.2) is 36.4 Å². The number of rotatable bonds is 5. The van der Waals surface area contributed by atoms with E-state index in [1.165, 1.54) is 12.1 Å². The second-order valence-corrected chi connectivity index (χ2v) is 6.75. The zero-order valence-electron chi connectivity index (χ0n) is 15.3. The average Bonchev–Trinajstić information content (AvgIpc) is 3.02. The molecule has 8 heteroatoms. The largest absolute Gasteiger partial charge is 0.423 e. The van der Waals surface area contributed by atoms with E-state index < -0.39 is 0 Å². The number of imidazole rings is 1. The number of nitrogens with zero attached hydrogens (tertiary/aromatic N) is 2. The van der Waals surface area contributed by atoms with Crippen molar-refractivity contribution in [1.82, 2.24) is 15.3 Å². The van der Waals surface area contributed by atoms with Gasteiger partial charge in [-0.15, -0.1) is 0 Å². The number of ether oxygens (including phenoxy) is 1. The second kappa shape index (κ2) is 7.30. The van der Waals surface area contributed by atoms with Crippen molar-refractivity contribution in [3.63, 3.8) is 0 Å². The number of benzene rings is 2. The molecule has 28 heavy (non-hydrogen) atoms. The van der Waals surface area contributed by atoms with Crippen molar-refractivity contribution in [1.29, 1.82) is 0 Å². The molecular formula is C20H19FN4O3. The summed E-state index contributed by atoms with van der Waals surface area (Å²) in [6.45, 7) is 2.36. The number of carbonyl (C=O) groups is 2. The summed E-state index contributed by atoms with van der Waals surface area (Å²) in [5.74, 6) is 0.220. The van der Waals surface area contributed by atoms with Crippen LogP contribution in [0.25, 0.3) is 11.0 Å². The third kappa shape index (κ3) is 3.80. The fourth-order valence-electron chi connectivity index (χ4n) is 3.20. The first kappa shape index (κ1) is 18.0. The maximum absolute atomic E-state index is 13.2. The van der Waals surface area contributed by atoms with Crippen LogP contribution in [0.1, 0.15) is 11.4 Å². The van der Waals surface area contributed by atoms with Gasteiger partial charge in [0.2, 0.25) is 5.91 Å². The van der Waals surface area contributed by atoms with Gasteiger partial charge in [-0.05, 0) is 42.8 Å². The molecule has 0 saturated heterocycles. The van der Waals surface area contributed by atoms with Crippen LogP contribution >= 0.6 is 0 Å². The maximum atomic E-state index is 13.2. The van der Waals surface area contributed by atoms with Crippen LogP contribution < -0.4 is 15.0 Å². The van der Waals surface area contributed by atoms with E-state index in [1.807, 2.05) is 19.1 Å². The molecule has 0 spiro atoms. The van der Waals surface area contributed by atoms with Crippen molar-refractivity contribution < 1.29 is 18.7 Å². The highest BCUT2D eigenvalue weighted by molar-refractivity contribution is 5.89. The molecule has 2 aromatic carbocycles. The summed E-state index contributed by atoms with van der Waals surface area (Å²) in [6, 6.07) is 9.89. The van der Waals surface area contributed by atoms with Crippen molar-refractivity contribution in [3.8, 4) is 5.75 Å². The number of carbonyl (C=O) groups excluding carboxylic acids is 2. The topological polar surface area (TPSA) is 87.3 Å². The standard InChI is InChI=1S/C20H19FN4O3/c1-12-2-5-16-17(8-12)28-20(27)11-25(16)10-19(26)22-7-6-18-23-14-4-3-13(21)9-15(14)24-18/h2-5,8-9H,6-7,10-11H2,1H3,(H,22,26)(H,23,24). The predicted octanol–water partition coefficient (Wildman–Crippen LogP) is 2.09. The third-order valence-corrected chi connectivity index (χ3v) is 4.51. The van der Waals surface area contributed by atoms with E-state index in [2.05, 4.69) is 15.3 Å². The van der Waals surface area contributed by atoms with Gasteiger partial charge in [-0.25, -0.2) is 14.2 Å². The molecule has 0 aliphatic carbocycles. The molecule has 3 aromatic rings. The van der Waals surface area contributed by atoms with E-state index in [9.17, 15) is 14.0 Å². The molecule has 0 fully saturated rings. The molecule has 4 rings (SSSR count). The molecular weight excluding hydrogens is 363 g/mol. The van der Waals surface area contributed by atoms with Gasteiger partial charge in [-0.3, -0.25) is 4.79 Å². The van der Waals surface area contributed by atoms with Crippen molar-refractivity contribution >= 4 is 28.6 Å². The number of halogens is 1. The molecule has 0 atom stereocenters. The molecule has 1 aromatic heterocycles. The smallest absolute Gasteiger partial charge is 0.331 e. The highest BCUT2D eigenvalue weighted by atomic mass is 19.1. The Labute approximate surface area is 160 Å². The van der Waals surface area contributed by atoms with Crippen LogP contribution in [0.3, 0.4) is 0 Å². The number of aromatic amines is 1. The Morgan fingerprint density at radius 3 is 3.04 bits per heavy atom. The van der Waals surface area contributed by atoms with Crippen molar-refractivity contribution in [2.45, 2.75) is 13.3 Å². The number of aryl methyl sites for hydroxylation is 1. The van der Waals surface area contributed by atoms with E-state index >= 15 is 0 Å². The highest BCUT2D eigenvalue weighted by Gasteiger charge is 2.25. The van der Waals surface area contributed by atoms with Crippen molar-refractivity contribution in [2.75, 3.05) is 24.5 Å². The third-order valence-electron chi connectivity index (χ3n) is 4.51. The van der Waals surface area contributed by atoms with Crippen LogP contribution in [0.2, 0.25) is 0 Å². The van der Waals surface area contributed by atoms with E-state index in [1.54, 1.807) is 17.0 Å². The minimum Gasteiger partial charge on any atom is -0.423 e. The van der Waals surface area contributed by atoms with Gasteiger partial charge in [-0.2, -0.15) is 0 Å². The Kier molecular flexibility index (Phi) is 4.68. The summed E-state index contributed by atoms with van der Waals surface area (Å²) in [6.07, 6.45) is 0.486. The van der Waals surface area contributed by atoms with E-state index in [0.717, 1.165) is 11.3 Å². The van der Waals surface area contributed by atoms with E-state index in [4.69, 9.17) is 4.74 Å². The number of nitrogens with one attached hydrogen (secondary N) is 2. The predicted molar refractivity (Wildman–Crippen MR) is 102 cm³/mol. The summed E-state index contributed by atoms with van der Waals surface area (Å²) in [5, 5.41) is 2.82. The monoisotopic (exact) mass is 382 g/mol. The summed E-state index contributed by atoms with van der Waals surface area (Å²) >= 11 is 0. The molecule has 0 radical (unpaired) electrons. The Balaban J connectivity index is 1.35. The molecule has 2 heterocycles. The lowest BCUT2D eigenvalue weighted by Gasteiger charge is -2.29. The average molecular weight is 382 g/mol. The lowest BCUT2D eigenvalue weighted by atomic mass is 10.1. The van der Waals surface area contributed by atoms with E-state index in [-0.39, 0.29) is 30.8 Å². The number of hydrogen-bond acceptors (Lipinski definition) is 5. The number of aromatic nitrogens is 2. The first-order valence-electron chi connectivity index (χ1n) is 8.95. The second-order valence-electron chi connectivity index (χ2n) is 6.75. The zero-order chi connectivity index (χ0) is 19.7. The summed E-state index contributed by atoms with van der Waals surface area (Å²) in [4.78, 5) is 33.2. The molecule has 7 nitrogen and oxygen atoms in total. The number of anilines is 1. The van der Waals surface area contributed by atoms with Gasteiger partial charge < -0.3 is 19.9 Å². The summed E-state index contributed by atoms with van der Waals surface area (Å²) < 4.78 is 18.5. The Morgan fingerprint density at radius 2 is 2.18 bits per heavy atom. The Hall–Kier alpha value is -3.42. The molecule has 1 aliphatic rings. The number of hydrogen-bond donors (Lipinski definition) is 2. The zero-order valence-corrected chi connectivity index (χ0v) is 15.3. The lowest BCUT2D eigenvalue weighted by molar-refractivity contribution is -0.133. The molecule has 0 bridgehead atoms. The first-order valence-corrected chi connectivity index (χ1v) is 8.95. The molecule has 1 aliphatic heterocycles. The van der Waals surface area contributed by atoms with Gasteiger partial charge in [0.25, 0.3) is 0 Å². The Bertz CT molecular complexity index is 1060. The molecule has 144 valence electrons. The van der Waals surface area contributed by atoms with Gasteiger partial charge in [-0.1, -0.05) is 6.07 Å². The minimum absolute atomic E-state index is 0.0264. The quantitative estimate of drug-likeness (QED) is 0.521. The normalized spacial score (nSPS) is 13.4. The molecule has 1 amide bonds. The van der Waals surface area contributed by atoms with Crippen LogP contribution in [-0.4, -0.2) is 41.5 Å². The Morgan fingerprint density at radius 1 is 1.32 bits per heavy atom. The molecule has 0 unspecified atom stereocenters. The number of esters is 1. The minimum atomic E-state index is -0.389. The van der Waals surface area contributed by atoms with Crippen molar-refractivity contribution in [2.24, 2.45) is 0 Å². The van der Waals surface area contributed by atoms with Crippen LogP contribution in [0, 0.1) is 12.7 Å². The molecule has 2 N–H and O–H groups in total. The van der Waals surface area contributed by atoms with Gasteiger partial charge in [0.15, 0.2) is 5.75 Å². The van der Waals surface area contributed by atoms with Crippen LogP contribution in [0.5, 0.6) is 5.75 Å². The SMILES string of the molecule is Cc1ccc2c(c1)OC(=O)CN2CC(=O)NCCc1nc2ccc(F)cc2[nH]1. The van der Waals surface area contributed by atoms with Gasteiger partial charge in [0.05, 0.1) is 23.3 Å². The fraction of sp³-hybridized carbons (Fsp3) is 0.250.